The number of aliphatic hydroxyl groups is 1. The molecule has 138 valence electrons. The Morgan fingerprint density at radius 1 is 1.33 bits per heavy atom. The van der Waals surface area contributed by atoms with Crippen LogP contribution in [0.2, 0.25) is 0 Å². The zero-order valence-electron chi connectivity index (χ0n) is 15.3. The van der Waals surface area contributed by atoms with Crippen LogP contribution in [0, 0.1) is 11.2 Å². The van der Waals surface area contributed by atoms with Gasteiger partial charge in [-0.3, -0.25) is 4.99 Å². The molecule has 0 amide bonds. The Bertz CT molecular complexity index is 529. The molecule has 1 aromatic rings. The largest absolute Gasteiger partial charge is 0.392 e. The zero-order valence-corrected chi connectivity index (χ0v) is 17.6. The second-order valence-electron chi connectivity index (χ2n) is 7.15. The van der Waals surface area contributed by atoms with Gasteiger partial charge in [-0.25, -0.2) is 4.39 Å². The van der Waals surface area contributed by atoms with Gasteiger partial charge in [-0.1, -0.05) is 26.8 Å². The van der Waals surface area contributed by atoms with Crippen molar-refractivity contribution in [1.82, 2.24) is 10.6 Å². The fourth-order valence-corrected chi connectivity index (χ4v) is 2.19. The Hall–Kier alpha value is -0.890. The Morgan fingerprint density at radius 2 is 2.00 bits per heavy atom. The first-order chi connectivity index (χ1) is 10.7. The topological polar surface area (TPSA) is 56.7 Å². The molecule has 0 radical (unpaired) electrons. The second kappa shape index (κ2) is 10.9. The minimum atomic E-state index is -0.380. The molecule has 0 aromatic heterocycles. The van der Waals surface area contributed by atoms with E-state index in [9.17, 15) is 4.39 Å². The van der Waals surface area contributed by atoms with Crippen LogP contribution >= 0.6 is 24.0 Å². The van der Waals surface area contributed by atoms with Crippen LogP contribution in [0.5, 0.6) is 0 Å². The Labute approximate surface area is 162 Å². The van der Waals surface area contributed by atoms with Crippen LogP contribution in [0.15, 0.2) is 23.2 Å². The van der Waals surface area contributed by atoms with Crippen molar-refractivity contribution >= 4 is 29.9 Å². The lowest BCUT2D eigenvalue weighted by Crippen LogP contribution is -2.42. The number of hydrogen-bond donors (Lipinski definition) is 3. The molecular formula is C18H31FIN3O. The number of nitrogens with zero attached hydrogens (tertiary/aromatic N) is 1. The van der Waals surface area contributed by atoms with Crippen molar-refractivity contribution in [2.75, 3.05) is 7.05 Å². The van der Waals surface area contributed by atoms with Gasteiger partial charge in [0.25, 0.3) is 0 Å². The lowest BCUT2D eigenvalue weighted by molar-refractivity contribution is 0.275. The molecule has 0 aliphatic heterocycles. The Balaban J connectivity index is 0.00000529. The van der Waals surface area contributed by atoms with Crippen molar-refractivity contribution in [2.24, 2.45) is 10.4 Å². The van der Waals surface area contributed by atoms with Crippen LogP contribution < -0.4 is 10.6 Å². The van der Waals surface area contributed by atoms with Crippen LogP contribution in [-0.4, -0.2) is 24.2 Å². The predicted molar refractivity (Wildman–Crippen MR) is 109 cm³/mol. The fourth-order valence-electron chi connectivity index (χ4n) is 2.19. The molecule has 24 heavy (non-hydrogen) atoms. The number of rotatable bonds is 6. The average Bonchev–Trinajstić information content (AvgIpc) is 2.50. The number of nitrogens with one attached hydrogen (secondary N) is 2. The van der Waals surface area contributed by atoms with Crippen LogP contribution in [0.1, 0.15) is 51.7 Å². The molecule has 0 heterocycles. The molecule has 6 heteroatoms. The van der Waals surface area contributed by atoms with Gasteiger partial charge >= 0.3 is 0 Å². The van der Waals surface area contributed by atoms with Crippen LogP contribution in [0.4, 0.5) is 4.39 Å². The molecule has 1 rings (SSSR count). The SMILES string of the molecule is CN=C(NCc1ccc(F)c(CO)c1)NC(C)CCC(C)(C)C.I. The first-order valence-electron chi connectivity index (χ1n) is 8.10. The van der Waals surface area contributed by atoms with E-state index in [-0.39, 0.29) is 36.4 Å². The van der Waals surface area contributed by atoms with E-state index in [4.69, 9.17) is 5.11 Å². The quantitative estimate of drug-likeness (QED) is 0.350. The van der Waals surface area contributed by atoms with Gasteiger partial charge in [0.2, 0.25) is 0 Å². The number of aliphatic hydroxyl groups excluding tert-OH is 1. The first-order valence-corrected chi connectivity index (χ1v) is 8.10. The van der Waals surface area contributed by atoms with Crippen molar-refractivity contribution in [3.63, 3.8) is 0 Å². The van der Waals surface area contributed by atoms with E-state index in [1.165, 1.54) is 6.07 Å². The lowest BCUT2D eigenvalue weighted by atomic mass is 9.89. The monoisotopic (exact) mass is 451 g/mol. The summed E-state index contributed by atoms with van der Waals surface area (Å²) in [6, 6.07) is 5.07. The lowest BCUT2D eigenvalue weighted by Gasteiger charge is -2.23. The third kappa shape index (κ3) is 8.82. The zero-order chi connectivity index (χ0) is 17.5. The third-order valence-electron chi connectivity index (χ3n) is 3.67. The van der Waals surface area contributed by atoms with Crippen molar-refractivity contribution in [2.45, 2.75) is 59.7 Å². The Kier molecular flexibility index (Phi) is 10.5. The minimum Gasteiger partial charge on any atom is -0.392 e. The molecule has 0 saturated carbocycles. The average molecular weight is 451 g/mol. The van der Waals surface area contributed by atoms with Gasteiger partial charge < -0.3 is 15.7 Å². The number of halogens is 2. The molecule has 4 nitrogen and oxygen atoms in total. The van der Waals surface area contributed by atoms with E-state index in [0.717, 1.165) is 24.4 Å². The van der Waals surface area contributed by atoms with Crippen LogP contribution in [0.25, 0.3) is 0 Å². The van der Waals surface area contributed by atoms with E-state index in [1.54, 1.807) is 19.2 Å². The highest BCUT2D eigenvalue weighted by Crippen LogP contribution is 2.21. The van der Waals surface area contributed by atoms with Crippen molar-refractivity contribution in [3.05, 3.63) is 35.1 Å². The molecule has 1 atom stereocenters. The molecule has 0 aliphatic rings. The van der Waals surface area contributed by atoms with Gasteiger partial charge in [-0.15, -0.1) is 24.0 Å². The molecule has 0 saturated heterocycles. The van der Waals surface area contributed by atoms with Crippen molar-refractivity contribution in [1.29, 1.82) is 0 Å². The molecule has 1 unspecified atom stereocenters. The van der Waals surface area contributed by atoms with Gasteiger partial charge in [0.05, 0.1) is 6.61 Å². The summed E-state index contributed by atoms with van der Waals surface area (Å²) in [7, 11) is 1.73. The second-order valence-corrected chi connectivity index (χ2v) is 7.15. The maximum absolute atomic E-state index is 13.4. The summed E-state index contributed by atoms with van der Waals surface area (Å²) in [6.45, 7) is 9.08. The summed E-state index contributed by atoms with van der Waals surface area (Å²) in [5.41, 5.74) is 1.54. The van der Waals surface area contributed by atoms with E-state index in [1.807, 2.05) is 0 Å². The summed E-state index contributed by atoms with van der Waals surface area (Å²) in [5.74, 6) is 0.343. The molecule has 0 fully saturated rings. The maximum atomic E-state index is 13.4. The van der Waals surface area contributed by atoms with Gasteiger partial charge in [-0.05, 0) is 42.9 Å². The standard InChI is InChI=1S/C18H30FN3O.HI/c1-13(8-9-18(2,3)4)22-17(20-5)21-11-14-6-7-16(19)15(10-14)12-23;/h6-7,10,13,23H,8-9,11-12H2,1-5H3,(H2,20,21,22);1H. The van der Waals surface area contributed by atoms with Gasteiger partial charge in [-0.2, -0.15) is 0 Å². The molecule has 1 aromatic carbocycles. The molecule has 0 aliphatic carbocycles. The molecule has 0 spiro atoms. The van der Waals surface area contributed by atoms with Crippen LogP contribution in [0.3, 0.4) is 0 Å². The predicted octanol–water partition coefficient (Wildman–Crippen LogP) is 3.82. The maximum Gasteiger partial charge on any atom is 0.191 e. The van der Waals surface area contributed by atoms with Gasteiger partial charge in [0.15, 0.2) is 5.96 Å². The number of benzene rings is 1. The summed E-state index contributed by atoms with van der Waals surface area (Å²) in [4.78, 5) is 4.22. The third-order valence-corrected chi connectivity index (χ3v) is 3.67. The fraction of sp³-hybridized carbons (Fsp3) is 0.611. The van der Waals surface area contributed by atoms with E-state index in [0.29, 0.717) is 23.6 Å². The smallest absolute Gasteiger partial charge is 0.191 e. The molecule has 0 bridgehead atoms. The van der Waals surface area contributed by atoms with Gasteiger partial charge in [0.1, 0.15) is 5.82 Å². The van der Waals surface area contributed by atoms with Gasteiger partial charge in [0, 0.05) is 25.2 Å². The van der Waals surface area contributed by atoms with E-state index >= 15 is 0 Å². The Morgan fingerprint density at radius 3 is 2.54 bits per heavy atom. The number of aliphatic imine (C=N–C) groups is 1. The van der Waals surface area contributed by atoms with Crippen LogP contribution in [-0.2, 0) is 13.2 Å². The molecular weight excluding hydrogens is 420 g/mol. The van der Waals surface area contributed by atoms with E-state index < -0.39 is 0 Å². The highest BCUT2D eigenvalue weighted by atomic mass is 127. The molecule has 3 N–H and O–H groups in total. The highest BCUT2D eigenvalue weighted by Gasteiger charge is 2.13. The van der Waals surface area contributed by atoms with Crippen molar-refractivity contribution < 1.29 is 9.50 Å². The summed E-state index contributed by atoms with van der Waals surface area (Å²) in [6.07, 6.45) is 2.20. The summed E-state index contributed by atoms with van der Waals surface area (Å²) in [5, 5.41) is 15.7. The highest BCUT2D eigenvalue weighted by molar-refractivity contribution is 14.0. The number of hydrogen-bond acceptors (Lipinski definition) is 2. The minimum absolute atomic E-state index is 0. The first kappa shape index (κ1) is 23.1. The normalized spacial score (nSPS) is 13.2. The summed E-state index contributed by atoms with van der Waals surface area (Å²) < 4.78 is 13.4. The van der Waals surface area contributed by atoms with Crippen molar-refractivity contribution in [3.8, 4) is 0 Å². The summed E-state index contributed by atoms with van der Waals surface area (Å²) >= 11 is 0. The number of guanidine groups is 1. The van der Waals surface area contributed by atoms with E-state index in [2.05, 4.69) is 43.3 Å².